The lowest BCUT2D eigenvalue weighted by molar-refractivity contribution is -0.123. The minimum Gasteiger partial charge on any atom is -0.355 e. The monoisotopic (exact) mass is 494 g/mol. The molecule has 1 aliphatic heterocycles. The van der Waals surface area contributed by atoms with Crippen molar-refractivity contribution in [3.63, 3.8) is 0 Å². The van der Waals surface area contributed by atoms with Crippen LogP contribution in [0.15, 0.2) is 4.99 Å². The van der Waals surface area contributed by atoms with Gasteiger partial charge in [0.25, 0.3) is 0 Å². The molecule has 1 amide bonds. The summed E-state index contributed by atoms with van der Waals surface area (Å²) in [5, 5.41) is 6.47. The molecule has 1 saturated heterocycles. The highest BCUT2D eigenvalue weighted by molar-refractivity contribution is 14.0. The van der Waals surface area contributed by atoms with Gasteiger partial charge >= 0.3 is 0 Å². The minimum absolute atomic E-state index is 0. The van der Waals surface area contributed by atoms with Gasteiger partial charge in [0.15, 0.2) is 5.96 Å². The van der Waals surface area contributed by atoms with E-state index in [-0.39, 0.29) is 35.9 Å². The standard InChI is InChI=1S/C19H38N6O.HI/c1-16(2)22-18(26)15-24-11-13-25(14-12-24)19(20-3)21-9-10-23(4)17-7-5-6-8-17;/h16-17H,5-15H2,1-4H3,(H,20,21)(H,22,26);1H. The number of rotatable bonds is 7. The molecule has 1 heterocycles. The van der Waals surface area contributed by atoms with Gasteiger partial charge in [0, 0.05) is 58.4 Å². The summed E-state index contributed by atoms with van der Waals surface area (Å²) in [5.74, 6) is 1.10. The van der Waals surface area contributed by atoms with Crippen molar-refractivity contribution in [1.29, 1.82) is 0 Å². The molecule has 0 spiro atoms. The summed E-state index contributed by atoms with van der Waals surface area (Å²) in [4.78, 5) is 23.3. The summed E-state index contributed by atoms with van der Waals surface area (Å²) >= 11 is 0. The van der Waals surface area contributed by atoms with E-state index in [1.807, 2.05) is 20.9 Å². The fourth-order valence-electron chi connectivity index (χ4n) is 3.89. The normalized spacial score (nSPS) is 19.5. The van der Waals surface area contributed by atoms with Crippen molar-refractivity contribution in [2.45, 2.75) is 51.6 Å². The Morgan fingerprint density at radius 2 is 1.81 bits per heavy atom. The summed E-state index contributed by atoms with van der Waals surface area (Å²) in [6.07, 6.45) is 5.45. The van der Waals surface area contributed by atoms with Crippen molar-refractivity contribution in [2.75, 3.05) is 59.9 Å². The van der Waals surface area contributed by atoms with E-state index < -0.39 is 0 Å². The zero-order valence-corrected chi connectivity index (χ0v) is 19.9. The van der Waals surface area contributed by atoms with Crippen molar-refractivity contribution in [3.05, 3.63) is 0 Å². The second-order valence-electron chi connectivity index (χ2n) is 7.88. The fourth-order valence-corrected chi connectivity index (χ4v) is 3.89. The van der Waals surface area contributed by atoms with Crippen LogP contribution < -0.4 is 10.6 Å². The summed E-state index contributed by atoms with van der Waals surface area (Å²) < 4.78 is 0. The number of nitrogens with zero attached hydrogens (tertiary/aromatic N) is 4. The van der Waals surface area contributed by atoms with Crippen LogP contribution in [0.4, 0.5) is 0 Å². The highest BCUT2D eigenvalue weighted by Gasteiger charge is 2.22. The molecule has 27 heavy (non-hydrogen) atoms. The predicted molar refractivity (Wildman–Crippen MR) is 123 cm³/mol. The number of likely N-dealkylation sites (N-methyl/N-ethyl adjacent to an activating group) is 1. The number of halogens is 1. The number of nitrogens with one attached hydrogen (secondary N) is 2. The lowest BCUT2D eigenvalue weighted by Crippen LogP contribution is -2.54. The van der Waals surface area contributed by atoms with E-state index in [9.17, 15) is 4.79 Å². The molecular weight excluding hydrogens is 455 g/mol. The fraction of sp³-hybridized carbons (Fsp3) is 0.895. The lowest BCUT2D eigenvalue weighted by Gasteiger charge is -2.36. The molecule has 2 fully saturated rings. The molecule has 0 aromatic carbocycles. The van der Waals surface area contributed by atoms with Gasteiger partial charge in [-0.1, -0.05) is 12.8 Å². The van der Waals surface area contributed by atoms with E-state index in [1.54, 1.807) is 0 Å². The Bertz CT molecular complexity index is 459. The first-order valence-electron chi connectivity index (χ1n) is 10.2. The van der Waals surface area contributed by atoms with Crippen LogP contribution in [0.1, 0.15) is 39.5 Å². The maximum atomic E-state index is 11.9. The van der Waals surface area contributed by atoms with E-state index in [0.717, 1.165) is 51.3 Å². The van der Waals surface area contributed by atoms with Crippen LogP contribution >= 0.6 is 24.0 Å². The molecule has 158 valence electrons. The largest absolute Gasteiger partial charge is 0.355 e. The third kappa shape index (κ3) is 8.51. The quantitative estimate of drug-likeness (QED) is 0.317. The van der Waals surface area contributed by atoms with Gasteiger partial charge in [-0.15, -0.1) is 24.0 Å². The second kappa shape index (κ2) is 12.8. The summed E-state index contributed by atoms with van der Waals surface area (Å²) in [6, 6.07) is 0.966. The Morgan fingerprint density at radius 3 is 2.37 bits per heavy atom. The third-order valence-corrected chi connectivity index (χ3v) is 5.40. The van der Waals surface area contributed by atoms with Crippen molar-refractivity contribution in [2.24, 2.45) is 4.99 Å². The SMILES string of the molecule is CN=C(NCCN(C)C1CCCC1)N1CCN(CC(=O)NC(C)C)CC1.I. The van der Waals surface area contributed by atoms with Gasteiger partial charge in [0.2, 0.25) is 5.91 Å². The molecule has 7 nitrogen and oxygen atoms in total. The zero-order valence-electron chi connectivity index (χ0n) is 17.5. The molecule has 2 N–H and O–H groups in total. The van der Waals surface area contributed by atoms with E-state index in [0.29, 0.717) is 6.54 Å². The van der Waals surface area contributed by atoms with Gasteiger partial charge < -0.3 is 20.4 Å². The maximum absolute atomic E-state index is 11.9. The number of guanidine groups is 1. The molecule has 0 aromatic heterocycles. The van der Waals surface area contributed by atoms with Crippen LogP contribution in [-0.4, -0.2) is 98.6 Å². The van der Waals surface area contributed by atoms with E-state index >= 15 is 0 Å². The van der Waals surface area contributed by atoms with Crippen molar-refractivity contribution in [3.8, 4) is 0 Å². The van der Waals surface area contributed by atoms with Crippen LogP contribution in [0.2, 0.25) is 0 Å². The minimum atomic E-state index is 0. The number of amides is 1. The second-order valence-corrected chi connectivity index (χ2v) is 7.88. The van der Waals surface area contributed by atoms with Crippen molar-refractivity contribution in [1.82, 2.24) is 25.3 Å². The number of hydrogen-bond acceptors (Lipinski definition) is 4. The number of carbonyl (C=O) groups excluding carboxylic acids is 1. The van der Waals surface area contributed by atoms with Crippen molar-refractivity contribution < 1.29 is 4.79 Å². The smallest absolute Gasteiger partial charge is 0.234 e. The Kier molecular flexibility index (Phi) is 11.6. The molecular formula is C19H39IN6O. The first kappa shape index (κ1) is 24.4. The van der Waals surface area contributed by atoms with Gasteiger partial charge in [-0.2, -0.15) is 0 Å². The summed E-state index contributed by atoms with van der Waals surface area (Å²) in [7, 11) is 4.09. The van der Waals surface area contributed by atoms with Crippen LogP contribution in [0.5, 0.6) is 0 Å². The summed E-state index contributed by atoms with van der Waals surface area (Å²) in [5.41, 5.74) is 0. The van der Waals surface area contributed by atoms with Crippen molar-refractivity contribution >= 4 is 35.8 Å². The first-order chi connectivity index (χ1) is 12.5. The molecule has 1 saturated carbocycles. The maximum Gasteiger partial charge on any atom is 0.234 e. The molecule has 0 aromatic rings. The van der Waals surface area contributed by atoms with Crippen LogP contribution in [0.3, 0.4) is 0 Å². The highest BCUT2D eigenvalue weighted by Crippen LogP contribution is 2.21. The number of aliphatic imine (C=N–C) groups is 1. The first-order valence-corrected chi connectivity index (χ1v) is 10.2. The average molecular weight is 494 g/mol. The third-order valence-electron chi connectivity index (χ3n) is 5.40. The van der Waals surface area contributed by atoms with Gasteiger partial charge in [0.05, 0.1) is 6.54 Å². The predicted octanol–water partition coefficient (Wildman–Crippen LogP) is 1.20. The molecule has 0 atom stereocenters. The zero-order chi connectivity index (χ0) is 18.9. The topological polar surface area (TPSA) is 63.2 Å². The van der Waals surface area contributed by atoms with Gasteiger partial charge in [-0.3, -0.25) is 14.7 Å². The van der Waals surface area contributed by atoms with Gasteiger partial charge in [-0.05, 0) is 33.7 Å². The highest BCUT2D eigenvalue weighted by atomic mass is 127. The van der Waals surface area contributed by atoms with E-state index in [2.05, 4.69) is 37.4 Å². The molecule has 2 aliphatic rings. The molecule has 0 radical (unpaired) electrons. The average Bonchev–Trinajstić information content (AvgIpc) is 3.13. The van der Waals surface area contributed by atoms with E-state index in [1.165, 1.54) is 25.7 Å². The molecule has 8 heteroatoms. The number of carbonyl (C=O) groups is 1. The van der Waals surface area contributed by atoms with E-state index in [4.69, 9.17) is 0 Å². The number of piperazine rings is 1. The van der Waals surface area contributed by atoms with Gasteiger partial charge in [0.1, 0.15) is 0 Å². The van der Waals surface area contributed by atoms with Crippen LogP contribution in [0.25, 0.3) is 0 Å². The Labute approximate surface area is 182 Å². The van der Waals surface area contributed by atoms with Crippen LogP contribution in [-0.2, 0) is 4.79 Å². The molecule has 2 rings (SSSR count). The lowest BCUT2D eigenvalue weighted by atomic mass is 10.2. The number of hydrogen-bond donors (Lipinski definition) is 2. The van der Waals surface area contributed by atoms with Crippen LogP contribution in [0, 0.1) is 0 Å². The molecule has 0 unspecified atom stereocenters. The Balaban J connectivity index is 0.00000364. The molecule has 0 bridgehead atoms. The Morgan fingerprint density at radius 1 is 1.19 bits per heavy atom. The summed E-state index contributed by atoms with van der Waals surface area (Å²) in [6.45, 7) is 10.1. The Hall–Kier alpha value is -0.610. The van der Waals surface area contributed by atoms with Gasteiger partial charge in [-0.25, -0.2) is 0 Å². The molecule has 1 aliphatic carbocycles.